The van der Waals surface area contributed by atoms with Crippen LogP contribution in [-0.4, -0.2) is 43.9 Å². The predicted molar refractivity (Wildman–Crippen MR) is 94.1 cm³/mol. The highest BCUT2D eigenvalue weighted by atomic mass is 16.5. The Hall–Kier alpha value is -2.80. The van der Waals surface area contributed by atoms with Crippen molar-refractivity contribution in [2.75, 3.05) is 43.1 Å². The molecular weight excluding hydrogens is 320 g/mol. The van der Waals surface area contributed by atoms with E-state index >= 15 is 0 Å². The number of hydrogen-bond acceptors (Lipinski definition) is 5. The fourth-order valence-corrected chi connectivity index (χ4v) is 3.05. The number of hydrogen-bond donors (Lipinski definition) is 2. The summed E-state index contributed by atoms with van der Waals surface area (Å²) >= 11 is 0. The molecule has 7 heteroatoms. The molecule has 1 aromatic heterocycles. The standard InChI is InChI=1S/C18H20N4O3/c23-18(21-15-12-25-16-4-2-1-3-14(15)16)20-13-5-6-17(19-11-13)22-7-9-24-10-8-22/h1-6,11,15H,7-10,12H2,(H2,20,21,23). The van der Waals surface area contributed by atoms with Crippen LogP contribution in [0.1, 0.15) is 11.6 Å². The molecule has 0 radical (unpaired) electrons. The van der Waals surface area contributed by atoms with Crippen LogP contribution < -0.4 is 20.3 Å². The first-order valence-electron chi connectivity index (χ1n) is 8.37. The zero-order chi connectivity index (χ0) is 17.1. The van der Waals surface area contributed by atoms with Crippen molar-refractivity contribution in [2.24, 2.45) is 0 Å². The van der Waals surface area contributed by atoms with Crippen LogP contribution in [0.4, 0.5) is 16.3 Å². The number of anilines is 2. The van der Waals surface area contributed by atoms with Gasteiger partial charge in [-0.15, -0.1) is 0 Å². The largest absolute Gasteiger partial charge is 0.491 e. The minimum Gasteiger partial charge on any atom is -0.491 e. The van der Waals surface area contributed by atoms with E-state index in [2.05, 4.69) is 20.5 Å². The fraction of sp³-hybridized carbons (Fsp3) is 0.333. The molecular formula is C18H20N4O3. The Kier molecular flexibility index (Phi) is 4.39. The van der Waals surface area contributed by atoms with Gasteiger partial charge >= 0.3 is 6.03 Å². The van der Waals surface area contributed by atoms with Gasteiger partial charge in [0.05, 0.1) is 31.1 Å². The van der Waals surface area contributed by atoms with Gasteiger partial charge in [-0.25, -0.2) is 9.78 Å². The van der Waals surface area contributed by atoms with Crippen LogP contribution in [0.25, 0.3) is 0 Å². The molecule has 7 nitrogen and oxygen atoms in total. The number of nitrogens with zero attached hydrogens (tertiary/aromatic N) is 2. The Morgan fingerprint density at radius 1 is 1.16 bits per heavy atom. The maximum Gasteiger partial charge on any atom is 0.319 e. The first-order chi connectivity index (χ1) is 12.3. The molecule has 0 spiro atoms. The Labute approximate surface area is 145 Å². The van der Waals surface area contributed by atoms with Crippen LogP contribution in [0, 0.1) is 0 Å². The molecule has 0 saturated carbocycles. The zero-order valence-electron chi connectivity index (χ0n) is 13.8. The van der Waals surface area contributed by atoms with Gasteiger partial charge in [0, 0.05) is 18.7 Å². The number of carbonyl (C=O) groups is 1. The van der Waals surface area contributed by atoms with E-state index in [1.807, 2.05) is 36.4 Å². The van der Waals surface area contributed by atoms with Crippen molar-refractivity contribution in [2.45, 2.75) is 6.04 Å². The third-order valence-corrected chi connectivity index (χ3v) is 4.35. The number of fused-ring (bicyclic) bond motifs is 1. The SMILES string of the molecule is O=C(Nc1ccc(N2CCOCC2)nc1)NC1COc2ccccc21. The van der Waals surface area contributed by atoms with Crippen molar-refractivity contribution in [3.05, 3.63) is 48.2 Å². The number of nitrogens with one attached hydrogen (secondary N) is 2. The molecule has 1 fully saturated rings. The number of carbonyl (C=O) groups excluding carboxylic acids is 1. The summed E-state index contributed by atoms with van der Waals surface area (Å²) in [5.74, 6) is 1.72. The smallest absolute Gasteiger partial charge is 0.319 e. The summed E-state index contributed by atoms with van der Waals surface area (Å²) in [6.45, 7) is 3.55. The van der Waals surface area contributed by atoms with Crippen LogP contribution in [-0.2, 0) is 4.74 Å². The van der Waals surface area contributed by atoms with E-state index in [-0.39, 0.29) is 12.1 Å². The molecule has 4 rings (SSSR count). The molecule has 1 aromatic carbocycles. The lowest BCUT2D eigenvalue weighted by Gasteiger charge is -2.27. The van der Waals surface area contributed by atoms with Gasteiger partial charge in [0.1, 0.15) is 18.2 Å². The van der Waals surface area contributed by atoms with Crippen molar-refractivity contribution < 1.29 is 14.3 Å². The zero-order valence-corrected chi connectivity index (χ0v) is 13.8. The number of para-hydroxylation sites is 1. The highest BCUT2D eigenvalue weighted by Crippen LogP contribution is 2.31. The summed E-state index contributed by atoms with van der Waals surface area (Å²) in [5.41, 5.74) is 1.65. The molecule has 0 aliphatic carbocycles. The monoisotopic (exact) mass is 340 g/mol. The average Bonchev–Trinajstić information content (AvgIpc) is 3.06. The second kappa shape index (κ2) is 6.98. The van der Waals surface area contributed by atoms with Crippen LogP contribution >= 0.6 is 0 Å². The molecule has 2 aromatic rings. The van der Waals surface area contributed by atoms with Gasteiger partial charge in [0.25, 0.3) is 0 Å². The van der Waals surface area contributed by atoms with E-state index in [0.717, 1.165) is 43.4 Å². The third-order valence-electron chi connectivity index (χ3n) is 4.35. The van der Waals surface area contributed by atoms with E-state index in [4.69, 9.17) is 9.47 Å². The molecule has 25 heavy (non-hydrogen) atoms. The van der Waals surface area contributed by atoms with E-state index in [1.54, 1.807) is 6.20 Å². The van der Waals surface area contributed by atoms with Gasteiger partial charge in [-0.2, -0.15) is 0 Å². The van der Waals surface area contributed by atoms with Crippen molar-refractivity contribution in [3.63, 3.8) is 0 Å². The summed E-state index contributed by atoms with van der Waals surface area (Å²) in [7, 11) is 0. The molecule has 2 aliphatic heterocycles. The molecule has 1 saturated heterocycles. The number of ether oxygens (including phenoxy) is 2. The highest BCUT2D eigenvalue weighted by Gasteiger charge is 2.25. The van der Waals surface area contributed by atoms with Gasteiger partial charge in [-0.3, -0.25) is 0 Å². The van der Waals surface area contributed by atoms with Gasteiger partial charge in [-0.05, 0) is 18.2 Å². The first kappa shape index (κ1) is 15.7. The van der Waals surface area contributed by atoms with Gasteiger partial charge in [0.2, 0.25) is 0 Å². The van der Waals surface area contributed by atoms with Crippen LogP contribution in [0.3, 0.4) is 0 Å². The molecule has 3 heterocycles. The topological polar surface area (TPSA) is 75.7 Å². The molecule has 2 N–H and O–H groups in total. The number of morpholine rings is 1. The normalized spacial score (nSPS) is 19.0. The molecule has 130 valence electrons. The van der Waals surface area contributed by atoms with Crippen molar-refractivity contribution in [1.82, 2.24) is 10.3 Å². The number of aromatic nitrogens is 1. The van der Waals surface area contributed by atoms with E-state index in [0.29, 0.717) is 12.3 Å². The minimum atomic E-state index is -0.272. The number of benzene rings is 1. The summed E-state index contributed by atoms with van der Waals surface area (Å²) in [4.78, 5) is 18.8. The Balaban J connectivity index is 1.35. The molecule has 1 unspecified atom stereocenters. The third kappa shape index (κ3) is 3.51. The van der Waals surface area contributed by atoms with Gasteiger partial charge in [-0.1, -0.05) is 18.2 Å². The number of rotatable bonds is 3. The fourth-order valence-electron chi connectivity index (χ4n) is 3.05. The minimum absolute atomic E-state index is 0.142. The first-order valence-corrected chi connectivity index (χ1v) is 8.37. The lowest BCUT2D eigenvalue weighted by atomic mass is 10.1. The van der Waals surface area contributed by atoms with E-state index in [9.17, 15) is 4.79 Å². The second-order valence-corrected chi connectivity index (χ2v) is 6.00. The molecule has 0 bridgehead atoms. The van der Waals surface area contributed by atoms with E-state index in [1.165, 1.54) is 0 Å². The van der Waals surface area contributed by atoms with Crippen molar-refractivity contribution in [1.29, 1.82) is 0 Å². The quantitative estimate of drug-likeness (QED) is 0.896. The number of pyridine rings is 1. The van der Waals surface area contributed by atoms with Crippen LogP contribution in [0.2, 0.25) is 0 Å². The van der Waals surface area contributed by atoms with Crippen molar-refractivity contribution in [3.8, 4) is 5.75 Å². The molecule has 1 atom stereocenters. The Bertz CT molecular complexity index is 744. The number of urea groups is 1. The van der Waals surface area contributed by atoms with Gasteiger partial charge in [0.15, 0.2) is 0 Å². The second-order valence-electron chi connectivity index (χ2n) is 6.00. The summed E-state index contributed by atoms with van der Waals surface area (Å²) in [5, 5.41) is 5.75. The lowest BCUT2D eigenvalue weighted by Crippen LogP contribution is -2.36. The lowest BCUT2D eigenvalue weighted by molar-refractivity contribution is 0.122. The van der Waals surface area contributed by atoms with Gasteiger partial charge < -0.3 is 25.0 Å². The van der Waals surface area contributed by atoms with Crippen molar-refractivity contribution >= 4 is 17.5 Å². The predicted octanol–water partition coefficient (Wildman–Crippen LogP) is 2.17. The highest BCUT2D eigenvalue weighted by molar-refractivity contribution is 5.89. The maximum absolute atomic E-state index is 12.2. The molecule has 2 amide bonds. The average molecular weight is 340 g/mol. The Morgan fingerprint density at radius 2 is 2.00 bits per heavy atom. The van der Waals surface area contributed by atoms with Crippen LogP contribution in [0.15, 0.2) is 42.6 Å². The maximum atomic E-state index is 12.2. The van der Waals surface area contributed by atoms with E-state index < -0.39 is 0 Å². The summed E-state index contributed by atoms with van der Waals surface area (Å²) < 4.78 is 10.9. The van der Waals surface area contributed by atoms with Crippen LogP contribution in [0.5, 0.6) is 5.75 Å². The Morgan fingerprint density at radius 3 is 2.80 bits per heavy atom. The number of amides is 2. The summed E-state index contributed by atoms with van der Waals surface area (Å²) in [6, 6.07) is 11.1. The summed E-state index contributed by atoms with van der Waals surface area (Å²) in [6.07, 6.45) is 1.67. The molecule has 2 aliphatic rings.